The Morgan fingerprint density at radius 3 is 2.90 bits per heavy atom. The van der Waals surface area contributed by atoms with E-state index in [1.807, 2.05) is 0 Å². The average molecular weight is 308 g/mol. The molecular weight excluding hydrogens is 292 g/mol. The van der Waals surface area contributed by atoms with E-state index in [-0.39, 0.29) is 5.75 Å². The first-order valence-corrected chi connectivity index (χ1v) is 8.52. The molecule has 2 aromatic rings. The molecule has 0 aliphatic carbocycles. The third-order valence-corrected chi connectivity index (χ3v) is 6.01. The summed E-state index contributed by atoms with van der Waals surface area (Å²) in [5.74, 6) is 0.0752. The summed E-state index contributed by atoms with van der Waals surface area (Å²) in [5, 5.41) is -0.653. The van der Waals surface area contributed by atoms with Crippen molar-refractivity contribution in [2.75, 3.05) is 12.9 Å². The van der Waals surface area contributed by atoms with Crippen molar-refractivity contribution in [2.45, 2.75) is 24.5 Å². The van der Waals surface area contributed by atoms with Gasteiger partial charge in [0, 0.05) is 0 Å². The number of ether oxygens (including phenoxy) is 1. The number of hydrogen-bond acceptors (Lipinski definition) is 5. The molecule has 0 radical (unpaired) electrons. The van der Waals surface area contributed by atoms with E-state index in [1.54, 1.807) is 28.8 Å². The second-order valence-electron chi connectivity index (χ2n) is 5.13. The molecule has 2 aromatic heterocycles. The van der Waals surface area contributed by atoms with Crippen LogP contribution in [-0.2, 0) is 14.6 Å². The van der Waals surface area contributed by atoms with Gasteiger partial charge >= 0.3 is 5.97 Å². The number of esters is 1. The lowest BCUT2D eigenvalue weighted by Crippen LogP contribution is -2.24. The monoisotopic (exact) mass is 308 g/mol. The van der Waals surface area contributed by atoms with Gasteiger partial charge in [-0.2, -0.15) is 0 Å². The molecule has 3 heterocycles. The lowest BCUT2D eigenvalue weighted by Gasteiger charge is -2.21. The molecule has 112 valence electrons. The van der Waals surface area contributed by atoms with E-state index in [4.69, 9.17) is 4.74 Å². The van der Waals surface area contributed by atoms with E-state index in [2.05, 4.69) is 4.98 Å². The van der Waals surface area contributed by atoms with Crippen LogP contribution in [0.15, 0.2) is 24.4 Å². The normalized spacial score (nSPS) is 21.3. The van der Waals surface area contributed by atoms with E-state index in [9.17, 15) is 13.2 Å². The highest BCUT2D eigenvalue weighted by Gasteiger charge is 2.34. The number of imidazole rings is 1. The number of carbonyl (C=O) groups is 1. The molecular formula is C14H16N2O4S. The molecule has 0 amide bonds. The first kappa shape index (κ1) is 14.1. The predicted octanol–water partition coefficient (Wildman–Crippen LogP) is 1.76. The number of sulfone groups is 1. The Labute approximate surface area is 122 Å². The second-order valence-corrected chi connectivity index (χ2v) is 7.43. The first-order valence-electron chi connectivity index (χ1n) is 6.81. The van der Waals surface area contributed by atoms with Crippen molar-refractivity contribution in [1.29, 1.82) is 0 Å². The van der Waals surface area contributed by atoms with Gasteiger partial charge in [0.15, 0.2) is 9.84 Å². The molecule has 1 saturated heterocycles. The van der Waals surface area contributed by atoms with Crippen molar-refractivity contribution in [3.8, 4) is 0 Å². The van der Waals surface area contributed by atoms with Gasteiger partial charge in [0.25, 0.3) is 0 Å². The first-order chi connectivity index (χ1) is 10.0. The van der Waals surface area contributed by atoms with Gasteiger partial charge in [0.1, 0.15) is 16.8 Å². The van der Waals surface area contributed by atoms with Gasteiger partial charge < -0.3 is 4.74 Å². The van der Waals surface area contributed by atoms with Gasteiger partial charge in [0.05, 0.1) is 24.6 Å². The number of carbonyl (C=O) groups excluding carboxylic acids is 1. The highest BCUT2D eigenvalue weighted by molar-refractivity contribution is 7.91. The summed E-state index contributed by atoms with van der Waals surface area (Å²) in [6.07, 6.45) is 3.66. The Morgan fingerprint density at radius 1 is 1.38 bits per heavy atom. The van der Waals surface area contributed by atoms with Crippen LogP contribution in [0.3, 0.4) is 0 Å². The Hall–Kier alpha value is -1.89. The van der Waals surface area contributed by atoms with Gasteiger partial charge in [-0.05, 0) is 25.0 Å². The van der Waals surface area contributed by atoms with E-state index < -0.39 is 21.1 Å². The molecule has 0 spiro atoms. The summed E-state index contributed by atoms with van der Waals surface area (Å²) in [4.78, 5) is 16.2. The maximum absolute atomic E-state index is 12.3. The van der Waals surface area contributed by atoms with Crippen LogP contribution in [0.25, 0.3) is 5.52 Å². The van der Waals surface area contributed by atoms with Crippen LogP contribution < -0.4 is 0 Å². The van der Waals surface area contributed by atoms with Gasteiger partial charge in [0.2, 0.25) is 0 Å². The topological polar surface area (TPSA) is 77.7 Å². The number of pyridine rings is 1. The van der Waals surface area contributed by atoms with Crippen molar-refractivity contribution >= 4 is 21.3 Å². The summed E-state index contributed by atoms with van der Waals surface area (Å²) in [7, 11) is -1.92. The lowest BCUT2D eigenvalue weighted by atomic mass is 10.2. The summed E-state index contributed by atoms with van der Waals surface area (Å²) < 4.78 is 31.0. The molecule has 0 bridgehead atoms. The van der Waals surface area contributed by atoms with Crippen molar-refractivity contribution in [1.82, 2.24) is 9.38 Å². The zero-order chi connectivity index (χ0) is 15.0. The molecule has 7 heteroatoms. The number of aromatic nitrogens is 2. The Morgan fingerprint density at radius 2 is 2.19 bits per heavy atom. The maximum Gasteiger partial charge on any atom is 0.355 e. The molecule has 1 unspecified atom stereocenters. The van der Waals surface area contributed by atoms with Crippen LogP contribution in [0.5, 0.6) is 0 Å². The summed E-state index contributed by atoms with van der Waals surface area (Å²) in [6, 6.07) is 5.13. The van der Waals surface area contributed by atoms with Crippen LogP contribution in [0, 0.1) is 0 Å². The second kappa shape index (κ2) is 5.14. The SMILES string of the molecule is COC(=O)c1cccc2cnc(C3CCCCS3(=O)=O)n12. The van der Waals surface area contributed by atoms with Crippen molar-refractivity contribution in [3.63, 3.8) is 0 Å². The molecule has 21 heavy (non-hydrogen) atoms. The third-order valence-electron chi connectivity index (χ3n) is 3.84. The van der Waals surface area contributed by atoms with Gasteiger partial charge in [-0.3, -0.25) is 4.40 Å². The van der Waals surface area contributed by atoms with Crippen LogP contribution >= 0.6 is 0 Å². The quantitative estimate of drug-likeness (QED) is 0.790. The average Bonchev–Trinajstić information content (AvgIpc) is 2.89. The standard InChI is InChI=1S/C14H16N2O4S/c1-20-14(17)11-6-4-5-10-9-15-13(16(10)11)12-7-2-3-8-21(12,18)19/h4-6,9,12H,2-3,7-8H2,1H3. The Kier molecular flexibility index (Phi) is 3.44. The molecule has 0 N–H and O–H groups in total. The largest absolute Gasteiger partial charge is 0.464 e. The Bertz CT molecular complexity index is 794. The molecule has 6 nitrogen and oxygen atoms in total. The highest BCUT2D eigenvalue weighted by Crippen LogP contribution is 2.33. The fourth-order valence-electron chi connectivity index (χ4n) is 2.81. The van der Waals surface area contributed by atoms with E-state index in [0.29, 0.717) is 29.9 Å². The number of nitrogens with zero attached hydrogens (tertiary/aromatic N) is 2. The molecule has 3 rings (SSSR count). The summed E-state index contributed by atoms with van der Waals surface area (Å²) in [5.41, 5.74) is 0.983. The number of rotatable bonds is 2. The van der Waals surface area contributed by atoms with Crippen molar-refractivity contribution in [3.05, 3.63) is 35.9 Å². The Balaban J connectivity index is 2.22. The van der Waals surface area contributed by atoms with Gasteiger partial charge in [-0.15, -0.1) is 0 Å². The lowest BCUT2D eigenvalue weighted by molar-refractivity contribution is 0.0592. The van der Waals surface area contributed by atoms with Crippen molar-refractivity contribution in [2.24, 2.45) is 0 Å². The van der Waals surface area contributed by atoms with E-state index >= 15 is 0 Å². The van der Waals surface area contributed by atoms with Crippen LogP contribution in [0.2, 0.25) is 0 Å². The smallest absolute Gasteiger partial charge is 0.355 e. The maximum atomic E-state index is 12.3. The summed E-state index contributed by atoms with van der Waals surface area (Å²) in [6.45, 7) is 0. The molecule has 1 fully saturated rings. The zero-order valence-corrected chi connectivity index (χ0v) is 12.5. The minimum atomic E-state index is -3.22. The number of fused-ring (bicyclic) bond motifs is 1. The predicted molar refractivity (Wildman–Crippen MR) is 76.9 cm³/mol. The van der Waals surface area contributed by atoms with Crippen molar-refractivity contribution < 1.29 is 17.9 Å². The fraction of sp³-hybridized carbons (Fsp3) is 0.429. The molecule has 1 aliphatic heterocycles. The highest BCUT2D eigenvalue weighted by atomic mass is 32.2. The number of hydrogen-bond donors (Lipinski definition) is 0. The van der Waals surface area contributed by atoms with Crippen LogP contribution in [0.4, 0.5) is 0 Å². The van der Waals surface area contributed by atoms with Crippen LogP contribution in [-0.4, -0.2) is 36.6 Å². The molecule has 1 aliphatic rings. The zero-order valence-electron chi connectivity index (χ0n) is 11.7. The van der Waals surface area contributed by atoms with Crippen LogP contribution in [0.1, 0.15) is 40.8 Å². The van der Waals surface area contributed by atoms with E-state index in [1.165, 1.54) is 7.11 Å². The van der Waals surface area contributed by atoms with Gasteiger partial charge in [-0.25, -0.2) is 18.2 Å². The molecule has 0 aromatic carbocycles. The summed E-state index contributed by atoms with van der Waals surface area (Å²) >= 11 is 0. The minimum Gasteiger partial charge on any atom is -0.464 e. The number of methoxy groups -OCH3 is 1. The molecule has 1 atom stereocenters. The van der Waals surface area contributed by atoms with E-state index in [0.717, 1.165) is 6.42 Å². The molecule has 0 saturated carbocycles. The fourth-order valence-corrected chi connectivity index (χ4v) is 4.71. The minimum absolute atomic E-state index is 0.174. The third kappa shape index (κ3) is 2.31. The van der Waals surface area contributed by atoms with Gasteiger partial charge in [-0.1, -0.05) is 12.5 Å².